The first-order chi connectivity index (χ1) is 10.1. The molecule has 1 unspecified atom stereocenters. The van der Waals surface area contributed by atoms with Crippen LogP contribution in [-0.2, 0) is 16.0 Å². The fraction of sp³-hybridized carbons (Fsp3) is 0.467. The number of likely N-dealkylation sites (N-methyl/N-ethyl adjacent to an activating group) is 1. The van der Waals surface area contributed by atoms with Gasteiger partial charge in [0.2, 0.25) is 10.7 Å². The van der Waals surface area contributed by atoms with Crippen molar-refractivity contribution >= 4 is 35.1 Å². The normalized spacial score (nSPS) is 19.8. The molecule has 0 spiro atoms. The van der Waals surface area contributed by atoms with E-state index in [-0.39, 0.29) is 17.6 Å². The van der Waals surface area contributed by atoms with Gasteiger partial charge in [0.15, 0.2) is 0 Å². The first-order valence-electron chi connectivity index (χ1n) is 6.75. The average Bonchev–Trinajstić information content (AvgIpc) is 2.64. The lowest BCUT2D eigenvalue weighted by Crippen LogP contribution is -2.45. The van der Waals surface area contributed by atoms with Crippen LogP contribution < -0.4 is 5.32 Å². The molecule has 0 bridgehead atoms. The van der Waals surface area contributed by atoms with Gasteiger partial charge in [0.05, 0.1) is 11.7 Å². The Kier molecular flexibility index (Phi) is 6.66. The van der Waals surface area contributed by atoms with Gasteiger partial charge in [-0.1, -0.05) is 53.5 Å². The molecule has 2 N–H and O–H groups in total. The maximum absolute atomic E-state index is 12.0. The third-order valence-electron chi connectivity index (χ3n) is 3.46. The Morgan fingerprint density at radius 1 is 1.36 bits per heavy atom. The van der Waals surface area contributed by atoms with E-state index in [0.29, 0.717) is 0 Å². The van der Waals surface area contributed by atoms with E-state index in [4.69, 9.17) is 28.3 Å². The molecule has 1 aliphatic rings. The van der Waals surface area contributed by atoms with Gasteiger partial charge in [-0.05, 0) is 25.8 Å². The van der Waals surface area contributed by atoms with Crippen LogP contribution in [-0.4, -0.2) is 45.5 Å². The molecular formula is C15H20Cl2N2O3. The molecule has 1 aromatic carbocycles. The van der Waals surface area contributed by atoms with E-state index in [1.54, 1.807) is 4.90 Å². The number of carboxylic acid groups (broad SMARTS) is 1. The summed E-state index contributed by atoms with van der Waals surface area (Å²) in [5, 5.41) is 11.1. The van der Waals surface area contributed by atoms with E-state index in [1.165, 1.54) is 5.56 Å². The third kappa shape index (κ3) is 5.16. The maximum atomic E-state index is 12.0. The van der Waals surface area contributed by atoms with Crippen LogP contribution in [0.5, 0.6) is 0 Å². The van der Waals surface area contributed by atoms with E-state index in [0.717, 1.165) is 6.42 Å². The highest BCUT2D eigenvalue weighted by Crippen LogP contribution is 2.20. The molecule has 0 radical (unpaired) electrons. The Hall–Kier alpha value is -1.30. The second kappa shape index (κ2) is 7.81. The molecule has 122 valence electrons. The van der Waals surface area contributed by atoms with Crippen LogP contribution in [0.15, 0.2) is 30.3 Å². The zero-order valence-corrected chi connectivity index (χ0v) is 14.2. The van der Waals surface area contributed by atoms with Crippen LogP contribution in [0.25, 0.3) is 0 Å². The van der Waals surface area contributed by atoms with E-state index in [1.807, 2.05) is 39.1 Å². The molecule has 1 heterocycles. The summed E-state index contributed by atoms with van der Waals surface area (Å²) in [7, 11) is 1.85. The van der Waals surface area contributed by atoms with Crippen LogP contribution in [0.1, 0.15) is 19.4 Å². The Bertz CT molecular complexity index is 521. The molecule has 1 saturated heterocycles. The van der Waals surface area contributed by atoms with Gasteiger partial charge in [-0.2, -0.15) is 0 Å². The number of hydrogen-bond acceptors (Lipinski definition) is 3. The number of benzene rings is 1. The van der Waals surface area contributed by atoms with Crippen molar-refractivity contribution in [2.75, 3.05) is 7.05 Å². The highest BCUT2D eigenvalue weighted by atomic mass is 35.5. The Balaban J connectivity index is 0.000000346. The SMILES string of the molecule is CN1C(=O)C(Cc2ccccc2)NC1(C)C.O=C(O)C(Cl)Cl. The number of rotatable bonds is 3. The van der Waals surface area contributed by atoms with Crippen LogP contribution in [0.2, 0.25) is 0 Å². The van der Waals surface area contributed by atoms with Gasteiger partial charge in [0, 0.05) is 7.05 Å². The molecule has 5 nitrogen and oxygen atoms in total. The lowest BCUT2D eigenvalue weighted by atomic mass is 10.1. The molecule has 1 aliphatic heterocycles. The minimum Gasteiger partial charge on any atom is -0.479 e. The number of halogens is 2. The summed E-state index contributed by atoms with van der Waals surface area (Å²) in [6.45, 7) is 4.05. The summed E-state index contributed by atoms with van der Waals surface area (Å²) < 4.78 is 0. The number of alkyl halides is 2. The number of aliphatic carboxylic acids is 1. The van der Waals surface area contributed by atoms with Crippen molar-refractivity contribution in [2.45, 2.75) is 36.8 Å². The number of carboxylic acids is 1. The summed E-state index contributed by atoms with van der Waals surface area (Å²) in [6, 6.07) is 10.0. The van der Waals surface area contributed by atoms with Gasteiger partial charge in [0.1, 0.15) is 0 Å². The Labute approximate surface area is 140 Å². The van der Waals surface area contributed by atoms with Crippen molar-refractivity contribution in [3.63, 3.8) is 0 Å². The lowest BCUT2D eigenvalue weighted by Gasteiger charge is -2.27. The summed E-state index contributed by atoms with van der Waals surface area (Å²) >= 11 is 9.56. The van der Waals surface area contributed by atoms with Gasteiger partial charge in [-0.3, -0.25) is 10.1 Å². The maximum Gasteiger partial charge on any atom is 0.337 e. The zero-order chi connectivity index (χ0) is 16.9. The summed E-state index contributed by atoms with van der Waals surface area (Å²) in [5.74, 6) is -1.04. The van der Waals surface area contributed by atoms with E-state index >= 15 is 0 Å². The van der Waals surface area contributed by atoms with Gasteiger partial charge in [-0.25, -0.2) is 4.79 Å². The van der Waals surface area contributed by atoms with E-state index in [2.05, 4.69) is 17.4 Å². The van der Waals surface area contributed by atoms with Gasteiger partial charge < -0.3 is 10.0 Å². The number of nitrogens with one attached hydrogen (secondary N) is 1. The molecule has 2 rings (SSSR count). The van der Waals surface area contributed by atoms with Crippen LogP contribution >= 0.6 is 23.2 Å². The number of nitrogens with zero attached hydrogens (tertiary/aromatic N) is 1. The first-order valence-corrected chi connectivity index (χ1v) is 7.62. The highest BCUT2D eigenvalue weighted by Gasteiger charge is 2.41. The van der Waals surface area contributed by atoms with Crippen molar-refractivity contribution in [1.82, 2.24) is 10.2 Å². The molecule has 0 aromatic heterocycles. The van der Waals surface area contributed by atoms with E-state index in [9.17, 15) is 9.59 Å². The largest absolute Gasteiger partial charge is 0.479 e. The molecular weight excluding hydrogens is 327 g/mol. The fourth-order valence-corrected chi connectivity index (χ4v) is 2.08. The van der Waals surface area contributed by atoms with Crippen molar-refractivity contribution in [2.24, 2.45) is 0 Å². The molecule has 1 aromatic rings. The van der Waals surface area contributed by atoms with Crippen LogP contribution in [0, 0.1) is 0 Å². The van der Waals surface area contributed by atoms with Crippen LogP contribution in [0.3, 0.4) is 0 Å². The molecule has 22 heavy (non-hydrogen) atoms. The fourth-order valence-electron chi connectivity index (χ4n) is 2.08. The third-order valence-corrected chi connectivity index (χ3v) is 3.84. The second-order valence-corrected chi connectivity index (χ2v) is 6.58. The first kappa shape index (κ1) is 18.7. The van der Waals surface area contributed by atoms with Gasteiger partial charge in [0.25, 0.3) is 0 Å². The van der Waals surface area contributed by atoms with Crippen molar-refractivity contribution < 1.29 is 14.7 Å². The van der Waals surface area contributed by atoms with Crippen molar-refractivity contribution in [3.8, 4) is 0 Å². The van der Waals surface area contributed by atoms with Crippen LogP contribution in [0.4, 0.5) is 0 Å². The molecule has 1 amide bonds. The zero-order valence-electron chi connectivity index (χ0n) is 12.7. The van der Waals surface area contributed by atoms with Gasteiger partial charge in [-0.15, -0.1) is 0 Å². The Morgan fingerprint density at radius 3 is 2.23 bits per heavy atom. The summed E-state index contributed by atoms with van der Waals surface area (Å²) in [4.78, 5) is 21.9. The number of carbonyl (C=O) groups is 2. The van der Waals surface area contributed by atoms with Crippen molar-refractivity contribution in [1.29, 1.82) is 0 Å². The second-order valence-electron chi connectivity index (χ2n) is 5.48. The topological polar surface area (TPSA) is 69.6 Å². The predicted molar refractivity (Wildman–Crippen MR) is 87.0 cm³/mol. The average molecular weight is 347 g/mol. The summed E-state index contributed by atoms with van der Waals surface area (Å²) in [5.41, 5.74) is 0.954. The quantitative estimate of drug-likeness (QED) is 0.823. The number of amides is 1. The highest BCUT2D eigenvalue weighted by molar-refractivity contribution is 6.52. The predicted octanol–water partition coefficient (Wildman–Crippen LogP) is 2.27. The smallest absolute Gasteiger partial charge is 0.337 e. The number of carbonyl (C=O) groups excluding carboxylic acids is 1. The molecule has 1 fully saturated rings. The minimum atomic E-state index is -1.29. The minimum absolute atomic E-state index is 0.0950. The van der Waals surface area contributed by atoms with E-state index < -0.39 is 10.8 Å². The molecule has 0 saturated carbocycles. The standard InChI is InChI=1S/C13H18N2O.C2H2Cl2O2/c1-13(2)14-11(12(16)15(13)3)9-10-7-5-4-6-8-10;3-1(4)2(5)6/h4-8,11,14H,9H2,1-3H3;1H,(H,5,6). The Morgan fingerprint density at radius 2 is 1.86 bits per heavy atom. The molecule has 0 aliphatic carbocycles. The molecule has 7 heteroatoms. The monoisotopic (exact) mass is 346 g/mol. The summed E-state index contributed by atoms with van der Waals surface area (Å²) in [6.07, 6.45) is 0.757. The number of hydrogen-bond donors (Lipinski definition) is 2. The lowest BCUT2D eigenvalue weighted by molar-refractivity contribution is -0.135. The van der Waals surface area contributed by atoms with Gasteiger partial charge >= 0.3 is 5.97 Å². The van der Waals surface area contributed by atoms with Crippen molar-refractivity contribution in [3.05, 3.63) is 35.9 Å². The molecule has 1 atom stereocenters.